The molecule has 0 radical (unpaired) electrons. The summed E-state index contributed by atoms with van der Waals surface area (Å²) in [7, 11) is 0. The van der Waals surface area contributed by atoms with Crippen molar-refractivity contribution in [2.75, 3.05) is 0 Å². The lowest BCUT2D eigenvalue weighted by Crippen LogP contribution is -2.24. The van der Waals surface area contributed by atoms with Crippen molar-refractivity contribution in [3.05, 3.63) is 89.5 Å². The lowest BCUT2D eigenvalue weighted by atomic mass is 10.0. The number of ether oxygens (including phenoxy) is 2. The van der Waals surface area contributed by atoms with E-state index in [0.29, 0.717) is 17.1 Å². The Hall–Kier alpha value is -3.80. The standard InChI is InChI=1S/C24H21NO5/c1-15-22(19-10-6-7-11-20(19)25-15)23(26)16(2)29-24(27)21-13-12-18(30-21)14-28-17-8-4-3-5-9-17/h3-13,16,25H,14H2,1-2H3/t16-/m0/s1. The van der Waals surface area contributed by atoms with Gasteiger partial charge < -0.3 is 18.9 Å². The van der Waals surface area contributed by atoms with E-state index in [1.165, 1.54) is 6.07 Å². The molecule has 152 valence electrons. The molecule has 0 bridgehead atoms. The quantitative estimate of drug-likeness (QED) is 0.344. The minimum atomic E-state index is -0.954. The van der Waals surface area contributed by atoms with Crippen LogP contribution < -0.4 is 4.74 Å². The first-order chi connectivity index (χ1) is 14.5. The van der Waals surface area contributed by atoms with Gasteiger partial charge in [0.05, 0.1) is 0 Å². The van der Waals surface area contributed by atoms with Crippen LogP contribution in [0.4, 0.5) is 0 Å². The SMILES string of the molecule is Cc1[nH]c2ccccc2c1C(=O)[C@H](C)OC(=O)c1ccc(COc2ccccc2)o1. The number of Topliss-reactive ketones (excluding diaryl/α,β-unsaturated/α-hetero) is 1. The van der Waals surface area contributed by atoms with Gasteiger partial charge in [-0.3, -0.25) is 4.79 Å². The Balaban J connectivity index is 1.41. The molecule has 0 saturated heterocycles. The molecule has 1 atom stereocenters. The summed E-state index contributed by atoms with van der Waals surface area (Å²) in [5, 5.41) is 0.807. The van der Waals surface area contributed by atoms with E-state index >= 15 is 0 Å². The highest BCUT2D eigenvalue weighted by Gasteiger charge is 2.26. The molecule has 6 heteroatoms. The summed E-state index contributed by atoms with van der Waals surface area (Å²) in [5.41, 5.74) is 2.13. The van der Waals surface area contributed by atoms with Crippen LogP contribution in [0, 0.1) is 6.92 Å². The van der Waals surface area contributed by atoms with Crippen molar-refractivity contribution in [1.82, 2.24) is 4.98 Å². The van der Waals surface area contributed by atoms with Crippen molar-refractivity contribution in [3.63, 3.8) is 0 Å². The van der Waals surface area contributed by atoms with Gasteiger partial charge in [0.2, 0.25) is 11.5 Å². The molecule has 6 nitrogen and oxygen atoms in total. The average molecular weight is 403 g/mol. The monoisotopic (exact) mass is 403 g/mol. The fourth-order valence-electron chi connectivity index (χ4n) is 3.31. The summed E-state index contributed by atoms with van der Waals surface area (Å²) in [5.74, 6) is 0.248. The first kappa shape index (κ1) is 19.5. The van der Waals surface area contributed by atoms with Crippen molar-refractivity contribution in [3.8, 4) is 5.75 Å². The predicted molar refractivity (Wildman–Crippen MR) is 112 cm³/mol. The topological polar surface area (TPSA) is 81.5 Å². The molecule has 2 aromatic carbocycles. The lowest BCUT2D eigenvalue weighted by Gasteiger charge is -2.11. The number of ketones is 1. The number of hydrogen-bond donors (Lipinski definition) is 1. The van der Waals surface area contributed by atoms with E-state index in [9.17, 15) is 9.59 Å². The van der Waals surface area contributed by atoms with E-state index in [2.05, 4.69) is 4.98 Å². The van der Waals surface area contributed by atoms with Crippen LogP contribution in [-0.4, -0.2) is 22.8 Å². The van der Waals surface area contributed by atoms with Crippen molar-refractivity contribution in [2.24, 2.45) is 0 Å². The van der Waals surface area contributed by atoms with Crippen LogP contribution in [0.3, 0.4) is 0 Å². The van der Waals surface area contributed by atoms with Gasteiger partial charge in [0, 0.05) is 22.2 Å². The van der Waals surface area contributed by atoms with Crippen LogP contribution in [0.25, 0.3) is 10.9 Å². The zero-order valence-electron chi connectivity index (χ0n) is 16.7. The zero-order chi connectivity index (χ0) is 21.1. The van der Waals surface area contributed by atoms with Gasteiger partial charge in [0.1, 0.15) is 18.1 Å². The predicted octanol–water partition coefficient (Wildman–Crippen LogP) is 5.08. The molecular weight excluding hydrogens is 382 g/mol. The fraction of sp³-hybridized carbons (Fsp3) is 0.167. The van der Waals surface area contributed by atoms with Gasteiger partial charge >= 0.3 is 5.97 Å². The number of rotatable bonds is 7. The highest BCUT2D eigenvalue weighted by atomic mass is 16.6. The lowest BCUT2D eigenvalue weighted by molar-refractivity contribution is 0.0286. The van der Waals surface area contributed by atoms with Crippen LogP contribution in [0.2, 0.25) is 0 Å². The largest absolute Gasteiger partial charge is 0.486 e. The minimum Gasteiger partial charge on any atom is -0.486 e. The Morgan fingerprint density at radius 1 is 1.00 bits per heavy atom. The van der Waals surface area contributed by atoms with Crippen molar-refractivity contribution in [1.29, 1.82) is 0 Å². The number of aromatic nitrogens is 1. The van der Waals surface area contributed by atoms with Gasteiger partial charge in [0.25, 0.3) is 0 Å². The Bertz CT molecular complexity index is 1190. The van der Waals surface area contributed by atoms with E-state index in [1.807, 2.05) is 61.5 Å². The second kappa shape index (κ2) is 8.29. The number of hydrogen-bond acceptors (Lipinski definition) is 5. The maximum absolute atomic E-state index is 12.9. The number of esters is 1. The molecule has 0 unspecified atom stereocenters. The first-order valence-corrected chi connectivity index (χ1v) is 9.62. The molecule has 0 aliphatic heterocycles. The fourth-order valence-corrected chi connectivity index (χ4v) is 3.31. The third-order valence-corrected chi connectivity index (χ3v) is 4.78. The normalized spacial score (nSPS) is 11.9. The number of carbonyl (C=O) groups is 2. The van der Waals surface area contributed by atoms with E-state index in [-0.39, 0.29) is 18.2 Å². The maximum Gasteiger partial charge on any atom is 0.374 e. The smallest absolute Gasteiger partial charge is 0.374 e. The summed E-state index contributed by atoms with van der Waals surface area (Å²) in [6.07, 6.45) is -0.954. The van der Waals surface area contributed by atoms with Crippen molar-refractivity contribution >= 4 is 22.7 Å². The third kappa shape index (κ3) is 3.98. The molecule has 4 rings (SSSR count). The highest BCUT2D eigenvalue weighted by Crippen LogP contribution is 2.24. The van der Waals surface area contributed by atoms with Gasteiger partial charge in [-0.15, -0.1) is 0 Å². The van der Waals surface area contributed by atoms with E-state index in [0.717, 1.165) is 16.6 Å². The van der Waals surface area contributed by atoms with Crippen LogP contribution in [0.1, 0.15) is 39.3 Å². The number of H-pyrrole nitrogens is 1. The molecular formula is C24H21NO5. The number of aromatic amines is 1. The Kier molecular flexibility index (Phi) is 5.39. The van der Waals surface area contributed by atoms with Crippen molar-refractivity contribution < 1.29 is 23.5 Å². The van der Waals surface area contributed by atoms with Gasteiger partial charge in [-0.2, -0.15) is 0 Å². The second-order valence-electron chi connectivity index (χ2n) is 6.95. The van der Waals surface area contributed by atoms with E-state index < -0.39 is 12.1 Å². The van der Waals surface area contributed by atoms with Crippen LogP contribution in [0.5, 0.6) is 5.75 Å². The van der Waals surface area contributed by atoms with Crippen LogP contribution >= 0.6 is 0 Å². The average Bonchev–Trinajstić information content (AvgIpc) is 3.36. The molecule has 2 aromatic heterocycles. The zero-order valence-corrected chi connectivity index (χ0v) is 16.7. The number of aryl methyl sites for hydroxylation is 1. The highest BCUT2D eigenvalue weighted by molar-refractivity contribution is 6.11. The maximum atomic E-state index is 12.9. The van der Waals surface area contributed by atoms with Crippen LogP contribution in [-0.2, 0) is 11.3 Å². The molecule has 1 N–H and O–H groups in total. The summed E-state index contributed by atoms with van der Waals surface area (Å²) in [4.78, 5) is 28.6. The van der Waals surface area contributed by atoms with E-state index in [4.69, 9.17) is 13.9 Å². The summed E-state index contributed by atoms with van der Waals surface area (Å²) < 4.78 is 16.5. The van der Waals surface area contributed by atoms with Gasteiger partial charge in [0.15, 0.2) is 6.10 Å². The Morgan fingerprint density at radius 3 is 2.53 bits per heavy atom. The molecule has 0 saturated carbocycles. The number of benzene rings is 2. The molecule has 2 heterocycles. The Labute approximate surface area is 173 Å². The number of furan rings is 1. The summed E-state index contributed by atoms with van der Waals surface area (Å²) in [6, 6.07) is 20.0. The van der Waals surface area contributed by atoms with Gasteiger partial charge in [-0.25, -0.2) is 4.79 Å². The number of fused-ring (bicyclic) bond motifs is 1. The second-order valence-corrected chi connectivity index (χ2v) is 6.95. The molecule has 0 aliphatic carbocycles. The van der Waals surface area contributed by atoms with E-state index in [1.54, 1.807) is 13.0 Å². The minimum absolute atomic E-state index is 0.0250. The number of para-hydroxylation sites is 2. The third-order valence-electron chi connectivity index (χ3n) is 4.78. The van der Waals surface area contributed by atoms with Crippen molar-refractivity contribution in [2.45, 2.75) is 26.6 Å². The molecule has 0 amide bonds. The van der Waals surface area contributed by atoms with Crippen LogP contribution in [0.15, 0.2) is 71.1 Å². The number of carbonyl (C=O) groups excluding carboxylic acids is 2. The molecule has 0 spiro atoms. The molecule has 0 aliphatic rings. The Morgan fingerprint density at radius 2 is 1.73 bits per heavy atom. The first-order valence-electron chi connectivity index (χ1n) is 9.62. The molecule has 4 aromatic rings. The molecule has 30 heavy (non-hydrogen) atoms. The number of nitrogens with one attached hydrogen (secondary N) is 1. The van der Waals surface area contributed by atoms with Gasteiger partial charge in [-0.1, -0.05) is 36.4 Å². The summed E-state index contributed by atoms with van der Waals surface area (Å²) >= 11 is 0. The van der Waals surface area contributed by atoms with Gasteiger partial charge in [-0.05, 0) is 44.2 Å². The molecule has 0 fully saturated rings. The summed E-state index contributed by atoms with van der Waals surface area (Å²) in [6.45, 7) is 3.57.